The number of benzene rings is 2. The molecule has 0 bridgehead atoms. The smallest absolute Gasteiger partial charge is 0.0826 e. The van der Waals surface area contributed by atoms with Crippen molar-refractivity contribution < 1.29 is 10.2 Å². The fourth-order valence-electron chi connectivity index (χ4n) is 5.33. The Morgan fingerprint density at radius 3 is 2.37 bits per heavy atom. The van der Waals surface area contributed by atoms with Gasteiger partial charge in [-0.3, -0.25) is 0 Å². The van der Waals surface area contributed by atoms with Crippen LogP contribution in [-0.2, 0) is 19.3 Å². The van der Waals surface area contributed by atoms with E-state index >= 15 is 0 Å². The van der Waals surface area contributed by atoms with E-state index < -0.39 is 0 Å². The minimum absolute atomic E-state index is 0.308. The lowest BCUT2D eigenvalue weighted by molar-refractivity contribution is 0.0620. The molecule has 2 aromatic rings. The lowest BCUT2D eigenvalue weighted by Gasteiger charge is -2.34. The molecule has 0 heterocycles. The van der Waals surface area contributed by atoms with Crippen LogP contribution in [0.4, 0.5) is 0 Å². The summed E-state index contributed by atoms with van der Waals surface area (Å²) in [6.07, 6.45) is 3.41. The quantitative estimate of drug-likeness (QED) is 0.799. The molecule has 0 saturated carbocycles. The van der Waals surface area contributed by atoms with E-state index in [-0.39, 0.29) is 12.2 Å². The van der Waals surface area contributed by atoms with Gasteiger partial charge in [-0.05, 0) is 77.2 Å². The Balaban J connectivity index is 1.49. The Labute approximate surface area is 163 Å². The highest BCUT2D eigenvalue weighted by Gasteiger charge is 2.34. The highest BCUT2D eigenvalue weighted by Crippen LogP contribution is 2.42. The summed E-state index contributed by atoms with van der Waals surface area (Å²) in [5, 5.41) is 21.5. The van der Waals surface area contributed by atoms with Crippen LogP contribution in [0.5, 0.6) is 0 Å². The molecule has 4 rings (SSSR count). The number of aliphatic hydroxyl groups excluding tert-OH is 2. The van der Waals surface area contributed by atoms with Crippen molar-refractivity contribution in [2.24, 2.45) is 23.7 Å². The van der Waals surface area contributed by atoms with Gasteiger partial charge >= 0.3 is 0 Å². The van der Waals surface area contributed by atoms with E-state index in [1.54, 1.807) is 0 Å². The van der Waals surface area contributed by atoms with Crippen LogP contribution >= 0.6 is 0 Å². The largest absolute Gasteiger partial charge is 0.388 e. The molecule has 0 aliphatic heterocycles. The molecule has 5 atom stereocenters. The maximum absolute atomic E-state index is 10.9. The predicted octanol–water partition coefficient (Wildman–Crippen LogP) is 5.02. The average Bonchev–Trinajstić information content (AvgIpc) is 2.98. The predicted molar refractivity (Wildman–Crippen MR) is 110 cm³/mol. The zero-order valence-electron chi connectivity index (χ0n) is 16.7. The molecule has 2 aliphatic rings. The number of aryl methyl sites for hydroxylation is 1. The fourth-order valence-corrected chi connectivity index (χ4v) is 5.33. The Hall–Kier alpha value is -1.64. The van der Waals surface area contributed by atoms with E-state index in [1.165, 1.54) is 16.7 Å². The van der Waals surface area contributed by atoms with Gasteiger partial charge < -0.3 is 10.2 Å². The van der Waals surface area contributed by atoms with Crippen LogP contribution in [0.25, 0.3) is 0 Å². The van der Waals surface area contributed by atoms with E-state index in [0.29, 0.717) is 23.7 Å². The topological polar surface area (TPSA) is 40.5 Å². The van der Waals surface area contributed by atoms with Gasteiger partial charge in [0, 0.05) is 0 Å². The van der Waals surface area contributed by atoms with E-state index in [1.807, 2.05) is 6.07 Å². The molecule has 5 unspecified atom stereocenters. The summed E-state index contributed by atoms with van der Waals surface area (Å²) in [5.74, 6) is 1.57. The fraction of sp³-hybridized carbons (Fsp3) is 0.520. The van der Waals surface area contributed by atoms with Gasteiger partial charge in [0.15, 0.2) is 0 Å². The summed E-state index contributed by atoms with van der Waals surface area (Å²) < 4.78 is 0. The Kier molecular flexibility index (Phi) is 5.13. The van der Waals surface area contributed by atoms with Gasteiger partial charge in [-0.2, -0.15) is 0 Å². The summed E-state index contributed by atoms with van der Waals surface area (Å²) >= 11 is 0. The van der Waals surface area contributed by atoms with Gasteiger partial charge in [-0.1, -0.05) is 63.2 Å². The first kappa shape index (κ1) is 18.7. The van der Waals surface area contributed by atoms with Crippen molar-refractivity contribution in [1.29, 1.82) is 0 Å². The van der Waals surface area contributed by atoms with Crippen molar-refractivity contribution in [2.75, 3.05) is 0 Å². The third-order valence-corrected chi connectivity index (χ3v) is 7.06. The molecule has 0 fully saturated rings. The minimum Gasteiger partial charge on any atom is -0.388 e. The second-order valence-electron chi connectivity index (χ2n) is 9.12. The Bertz CT molecular complexity index is 810. The maximum atomic E-state index is 10.9. The molecule has 0 saturated heterocycles. The van der Waals surface area contributed by atoms with Crippen molar-refractivity contribution >= 4 is 0 Å². The number of fused-ring (bicyclic) bond motifs is 2. The molecule has 27 heavy (non-hydrogen) atoms. The Morgan fingerprint density at radius 1 is 0.889 bits per heavy atom. The second kappa shape index (κ2) is 7.41. The number of rotatable bonds is 4. The van der Waals surface area contributed by atoms with Gasteiger partial charge in [-0.25, -0.2) is 0 Å². The van der Waals surface area contributed by atoms with Crippen molar-refractivity contribution in [3.63, 3.8) is 0 Å². The molecule has 0 amide bonds. The number of hydrogen-bond acceptors (Lipinski definition) is 2. The molecular formula is C25H32O2. The monoisotopic (exact) mass is 364 g/mol. The van der Waals surface area contributed by atoms with Crippen molar-refractivity contribution in [2.45, 2.75) is 58.7 Å². The van der Waals surface area contributed by atoms with Crippen molar-refractivity contribution in [1.82, 2.24) is 0 Å². The highest BCUT2D eigenvalue weighted by atomic mass is 16.3. The van der Waals surface area contributed by atoms with Crippen LogP contribution in [-0.4, -0.2) is 10.2 Å². The van der Waals surface area contributed by atoms with Gasteiger partial charge in [-0.15, -0.1) is 0 Å². The number of aliphatic hydroxyl groups is 2. The maximum Gasteiger partial charge on any atom is 0.0826 e. The lowest BCUT2D eigenvalue weighted by Crippen LogP contribution is -2.27. The molecule has 2 aliphatic carbocycles. The van der Waals surface area contributed by atoms with Crippen molar-refractivity contribution in [3.8, 4) is 0 Å². The van der Waals surface area contributed by atoms with Crippen LogP contribution in [0.15, 0.2) is 42.5 Å². The first-order chi connectivity index (χ1) is 13.0. The molecule has 0 radical (unpaired) electrons. The van der Waals surface area contributed by atoms with E-state index in [9.17, 15) is 10.2 Å². The average molecular weight is 365 g/mol. The van der Waals surface area contributed by atoms with Gasteiger partial charge in [0.25, 0.3) is 0 Å². The summed E-state index contributed by atoms with van der Waals surface area (Å²) in [4.78, 5) is 0. The third kappa shape index (κ3) is 3.46. The summed E-state index contributed by atoms with van der Waals surface area (Å²) in [7, 11) is 0. The van der Waals surface area contributed by atoms with Gasteiger partial charge in [0.2, 0.25) is 0 Å². The molecular weight excluding hydrogens is 332 g/mol. The van der Waals surface area contributed by atoms with E-state index in [4.69, 9.17) is 0 Å². The first-order valence-electron chi connectivity index (χ1n) is 10.5. The van der Waals surface area contributed by atoms with E-state index in [2.05, 4.69) is 57.2 Å². The van der Waals surface area contributed by atoms with Crippen LogP contribution in [0.2, 0.25) is 0 Å². The minimum atomic E-state index is -0.355. The van der Waals surface area contributed by atoms with Crippen LogP contribution in [0.1, 0.15) is 67.2 Å². The van der Waals surface area contributed by atoms with Crippen LogP contribution in [0.3, 0.4) is 0 Å². The van der Waals surface area contributed by atoms with Gasteiger partial charge in [0.1, 0.15) is 0 Å². The SMILES string of the molecule is CC(C)C1Cc2cc(CC(C)C3CCc4ccccc4C3O)ccc2C1O. The molecule has 2 aromatic carbocycles. The molecule has 2 N–H and O–H groups in total. The zero-order chi connectivity index (χ0) is 19.1. The summed E-state index contributed by atoms with van der Waals surface area (Å²) in [5.41, 5.74) is 6.21. The van der Waals surface area contributed by atoms with E-state index in [0.717, 1.165) is 36.8 Å². The van der Waals surface area contributed by atoms with Crippen LogP contribution < -0.4 is 0 Å². The third-order valence-electron chi connectivity index (χ3n) is 7.06. The summed E-state index contributed by atoms with van der Waals surface area (Å²) in [6.45, 7) is 6.68. The van der Waals surface area contributed by atoms with Crippen molar-refractivity contribution in [3.05, 3.63) is 70.3 Å². The Morgan fingerprint density at radius 2 is 1.59 bits per heavy atom. The molecule has 0 spiro atoms. The second-order valence-corrected chi connectivity index (χ2v) is 9.12. The highest BCUT2D eigenvalue weighted by molar-refractivity contribution is 5.38. The standard InChI is InChI=1S/C25H32O2/c1-15(2)23-14-19-13-17(8-10-22(19)25(23)27)12-16(3)20-11-9-18-6-4-5-7-21(18)24(20)26/h4-8,10,13,15-16,20,23-27H,9,11-12,14H2,1-3H3. The van der Waals surface area contributed by atoms with Gasteiger partial charge in [0.05, 0.1) is 12.2 Å². The zero-order valence-corrected chi connectivity index (χ0v) is 16.7. The molecule has 2 heteroatoms. The number of hydrogen-bond donors (Lipinski definition) is 2. The normalized spacial score (nSPS) is 28.1. The molecule has 0 aromatic heterocycles. The first-order valence-corrected chi connectivity index (χ1v) is 10.5. The molecule has 144 valence electrons. The van der Waals surface area contributed by atoms with Crippen LogP contribution in [0, 0.1) is 23.7 Å². The summed E-state index contributed by atoms with van der Waals surface area (Å²) in [6, 6.07) is 15.0. The lowest BCUT2D eigenvalue weighted by atomic mass is 9.74. The molecule has 2 nitrogen and oxygen atoms in total.